The van der Waals surface area contributed by atoms with Crippen LogP contribution in [0.4, 0.5) is 5.69 Å². The van der Waals surface area contributed by atoms with Crippen LogP contribution in [0, 0.1) is 17.2 Å². The minimum absolute atomic E-state index is 0.0263. The number of anilines is 1. The molecule has 2 fully saturated rings. The molecule has 1 unspecified atom stereocenters. The normalized spacial score (nSPS) is 21.1. The molecule has 2 heterocycles. The molecule has 1 aliphatic heterocycles. The van der Waals surface area contributed by atoms with Gasteiger partial charge in [-0.2, -0.15) is 0 Å². The van der Waals surface area contributed by atoms with E-state index in [2.05, 4.69) is 27.5 Å². The topological polar surface area (TPSA) is 120 Å². The molecule has 0 radical (unpaired) electrons. The molecule has 1 saturated heterocycles. The van der Waals surface area contributed by atoms with Gasteiger partial charge in [0.1, 0.15) is 18.1 Å². The lowest BCUT2D eigenvalue weighted by molar-refractivity contribution is -0.130. The number of rotatable bonds is 12. The number of ether oxygens (including phenoxy) is 1. The number of hydrogen-bond donors (Lipinski definition) is 3. The second kappa shape index (κ2) is 12.1. The zero-order valence-electron chi connectivity index (χ0n) is 21.1. The summed E-state index contributed by atoms with van der Waals surface area (Å²) in [7, 11) is 0. The second-order valence-corrected chi connectivity index (χ2v) is 9.93. The maximum Gasteiger partial charge on any atom is 0.242 e. The summed E-state index contributed by atoms with van der Waals surface area (Å²) < 4.78 is 5.77. The molecule has 3 N–H and O–H groups in total. The first kappa shape index (κ1) is 25.8. The highest BCUT2D eigenvalue weighted by Crippen LogP contribution is 2.32. The summed E-state index contributed by atoms with van der Waals surface area (Å²) in [5.74, 6) is 2.31. The largest absolute Gasteiger partial charge is 0.486 e. The maximum absolute atomic E-state index is 13.1. The Morgan fingerprint density at radius 2 is 1.97 bits per heavy atom. The first-order chi connectivity index (χ1) is 17.4. The van der Waals surface area contributed by atoms with Gasteiger partial charge in [0, 0.05) is 49.7 Å². The average Bonchev–Trinajstić information content (AvgIpc) is 3.34. The van der Waals surface area contributed by atoms with Gasteiger partial charge in [0.25, 0.3) is 0 Å². The zero-order valence-corrected chi connectivity index (χ0v) is 21.1. The van der Waals surface area contributed by atoms with E-state index in [1.54, 1.807) is 36.7 Å². The molecule has 2 aromatic rings. The van der Waals surface area contributed by atoms with Crippen LogP contribution in [0.5, 0.6) is 5.75 Å². The molecule has 4 rings (SSSR count). The van der Waals surface area contributed by atoms with E-state index in [4.69, 9.17) is 10.1 Å². The Morgan fingerprint density at radius 1 is 1.19 bits per heavy atom. The van der Waals surface area contributed by atoms with Crippen molar-refractivity contribution < 1.29 is 14.3 Å². The van der Waals surface area contributed by atoms with Gasteiger partial charge in [-0.05, 0) is 68.3 Å². The Hall–Kier alpha value is -3.33. The third-order valence-corrected chi connectivity index (χ3v) is 7.01. The smallest absolute Gasteiger partial charge is 0.242 e. The zero-order chi connectivity index (χ0) is 25.5. The Balaban J connectivity index is 1.34. The molecule has 1 aromatic carbocycles. The molecule has 192 valence electrons. The SMILES string of the molecule is CC(=O)C(=N)c1cc(OCc2ncccn2)ccc1NCC(=O)N1CCCC1CNCC1CC(C)C1. The van der Waals surface area contributed by atoms with Gasteiger partial charge >= 0.3 is 0 Å². The van der Waals surface area contributed by atoms with Crippen molar-refractivity contribution in [1.29, 1.82) is 5.41 Å². The van der Waals surface area contributed by atoms with Crippen LogP contribution in [0.3, 0.4) is 0 Å². The lowest BCUT2D eigenvalue weighted by Crippen LogP contribution is -2.45. The lowest BCUT2D eigenvalue weighted by atomic mass is 9.76. The van der Waals surface area contributed by atoms with Crippen molar-refractivity contribution in [3.8, 4) is 5.75 Å². The van der Waals surface area contributed by atoms with Crippen LogP contribution in [-0.2, 0) is 16.2 Å². The van der Waals surface area contributed by atoms with E-state index in [0.717, 1.165) is 44.3 Å². The summed E-state index contributed by atoms with van der Waals surface area (Å²) in [6.45, 7) is 6.54. The van der Waals surface area contributed by atoms with Crippen LogP contribution >= 0.6 is 0 Å². The molecular formula is C27H36N6O3. The van der Waals surface area contributed by atoms with Crippen LogP contribution in [0.1, 0.15) is 50.9 Å². The first-order valence-electron chi connectivity index (χ1n) is 12.8. The number of carbonyl (C=O) groups excluding carboxylic acids is 2. The van der Waals surface area contributed by atoms with Crippen molar-refractivity contribution in [3.05, 3.63) is 48.0 Å². The molecule has 36 heavy (non-hydrogen) atoms. The third kappa shape index (κ3) is 6.66. The van der Waals surface area contributed by atoms with E-state index in [1.807, 2.05) is 4.90 Å². The highest BCUT2D eigenvalue weighted by molar-refractivity contribution is 6.45. The number of nitrogens with one attached hydrogen (secondary N) is 3. The van der Waals surface area contributed by atoms with Crippen LogP contribution < -0.4 is 15.4 Å². The fourth-order valence-corrected chi connectivity index (χ4v) is 5.05. The van der Waals surface area contributed by atoms with Crippen molar-refractivity contribution in [2.75, 3.05) is 31.5 Å². The number of benzene rings is 1. The Labute approximate surface area is 212 Å². The van der Waals surface area contributed by atoms with E-state index >= 15 is 0 Å². The predicted octanol–water partition coefficient (Wildman–Crippen LogP) is 3.05. The number of ketones is 1. The summed E-state index contributed by atoms with van der Waals surface area (Å²) in [5.41, 5.74) is 0.816. The average molecular weight is 493 g/mol. The van der Waals surface area contributed by atoms with Crippen LogP contribution in [0.15, 0.2) is 36.7 Å². The summed E-state index contributed by atoms with van der Waals surface area (Å²) in [6.07, 6.45) is 7.90. The first-order valence-corrected chi connectivity index (χ1v) is 12.8. The molecule has 1 aliphatic carbocycles. The van der Waals surface area contributed by atoms with Crippen molar-refractivity contribution in [3.63, 3.8) is 0 Å². The van der Waals surface area contributed by atoms with Crippen LogP contribution in [0.2, 0.25) is 0 Å². The van der Waals surface area contributed by atoms with Crippen molar-refractivity contribution in [1.82, 2.24) is 20.2 Å². The number of Topliss-reactive ketones (excluding diaryl/α,β-unsaturated/α-hetero) is 1. The summed E-state index contributed by atoms with van der Waals surface area (Å²) >= 11 is 0. The van der Waals surface area contributed by atoms with Crippen molar-refractivity contribution in [2.45, 2.75) is 52.2 Å². The van der Waals surface area contributed by atoms with E-state index in [9.17, 15) is 9.59 Å². The molecule has 0 spiro atoms. The molecule has 9 nitrogen and oxygen atoms in total. The van der Waals surface area contributed by atoms with E-state index in [-0.39, 0.29) is 36.6 Å². The highest BCUT2D eigenvalue weighted by Gasteiger charge is 2.30. The van der Waals surface area contributed by atoms with Crippen molar-refractivity contribution >= 4 is 23.1 Å². The molecule has 0 bridgehead atoms. The molecule has 1 atom stereocenters. The van der Waals surface area contributed by atoms with E-state index in [1.165, 1.54) is 19.8 Å². The Bertz CT molecular complexity index is 1070. The van der Waals surface area contributed by atoms with Gasteiger partial charge < -0.3 is 20.3 Å². The van der Waals surface area contributed by atoms with E-state index in [0.29, 0.717) is 22.8 Å². The number of aromatic nitrogens is 2. The summed E-state index contributed by atoms with van der Waals surface area (Å²) in [5, 5.41) is 15.0. The number of hydrogen-bond acceptors (Lipinski definition) is 8. The van der Waals surface area contributed by atoms with Crippen molar-refractivity contribution in [2.24, 2.45) is 11.8 Å². The maximum atomic E-state index is 13.1. The molecule has 1 aromatic heterocycles. The van der Waals surface area contributed by atoms with Gasteiger partial charge in [0.15, 0.2) is 11.6 Å². The minimum Gasteiger partial charge on any atom is -0.486 e. The molecule has 1 amide bonds. The predicted molar refractivity (Wildman–Crippen MR) is 138 cm³/mol. The van der Waals surface area contributed by atoms with Crippen LogP contribution in [0.25, 0.3) is 0 Å². The monoisotopic (exact) mass is 492 g/mol. The summed E-state index contributed by atoms with van der Waals surface area (Å²) in [4.78, 5) is 35.3. The van der Waals surface area contributed by atoms with Crippen LogP contribution in [-0.4, -0.2) is 64.5 Å². The summed E-state index contributed by atoms with van der Waals surface area (Å²) in [6, 6.07) is 7.07. The van der Waals surface area contributed by atoms with Gasteiger partial charge in [0.05, 0.1) is 6.54 Å². The Kier molecular flexibility index (Phi) is 8.64. The number of amides is 1. The standard InChI is InChI=1S/C27H36N6O3/c1-18-11-20(12-18)14-29-15-21-5-3-10-33(21)26(35)16-32-24-7-6-22(13-23(24)27(28)19(2)34)36-17-25-30-8-4-9-31-25/h4,6-9,13,18,20-21,28-29,32H,3,5,10-12,14-17H2,1-2H3. The number of nitrogens with zero attached hydrogens (tertiary/aromatic N) is 3. The fourth-order valence-electron chi connectivity index (χ4n) is 5.05. The number of carbonyl (C=O) groups is 2. The molecular weight excluding hydrogens is 456 g/mol. The Morgan fingerprint density at radius 3 is 2.69 bits per heavy atom. The minimum atomic E-state index is -0.362. The second-order valence-electron chi connectivity index (χ2n) is 9.93. The highest BCUT2D eigenvalue weighted by atomic mass is 16.5. The van der Waals surface area contributed by atoms with Gasteiger partial charge in [0.2, 0.25) is 5.91 Å². The molecule has 9 heteroatoms. The fraction of sp³-hybridized carbons (Fsp3) is 0.519. The molecule has 1 saturated carbocycles. The molecule has 2 aliphatic rings. The number of likely N-dealkylation sites (tertiary alicyclic amines) is 1. The van der Waals surface area contributed by atoms with Gasteiger partial charge in [-0.15, -0.1) is 0 Å². The third-order valence-electron chi connectivity index (χ3n) is 7.01. The van der Waals surface area contributed by atoms with Gasteiger partial charge in [-0.25, -0.2) is 9.97 Å². The van der Waals surface area contributed by atoms with Gasteiger partial charge in [-0.3, -0.25) is 15.0 Å². The van der Waals surface area contributed by atoms with Gasteiger partial charge in [-0.1, -0.05) is 6.92 Å². The van der Waals surface area contributed by atoms with E-state index < -0.39 is 0 Å². The quantitative estimate of drug-likeness (QED) is 0.390. The lowest BCUT2D eigenvalue weighted by Gasteiger charge is -2.33.